The summed E-state index contributed by atoms with van der Waals surface area (Å²) in [7, 11) is 1.60. The van der Waals surface area contributed by atoms with E-state index < -0.39 is 5.97 Å². The third kappa shape index (κ3) is 3.30. The topological polar surface area (TPSA) is 99.3 Å². The summed E-state index contributed by atoms with van der Waals surface area (Å²) in [5.41, 5.74) is 2.93. The van der Waals surface area contributed by atoms with Crippen LogP contribution in [0.2, 0.25) is 0 Å². The van der Waals surface area contributed by atoms with Crippen LogP contribution in [0, 0.1) is 13.8 Å². The van der Waals surface area contributed by atoms with Crippen molar-refractivity contribution in [1.29, 1.82) is 0 Å². The number of hydrogen-bond acceptors (Lipinski definition) is 6. The highest BCUT2D eigenvalue weighted by Crippen LogP contribution is 2.41. The molecule has 1 aliphatic heterocycles. The Balaban J connectivity index is 1.77. The zero-order valence-electron chi connectivity index (χ0n) is 18.7. The molecule has 32 heavy (non-hydrogen) atoms. The second-order valence-electron chi connectivity index (χ2n) is 7.70. The van der Waals surface area contributed by atoms with E-state index in [1.807, 2.05) is 6.92 Å². The molecule has 1 amide bonds. The summed E-state index contributed by atoms with van der Waals surface area (Å²) < 4.78 is 7.98. The Hall–Kier alpha value is -3.75. The van der Waals surface area contributed by atoms with Gasteiger partial charge in [-0.1, -0.05) is 6.92 Å². The molecule has 9 heteroatoms. The molecule has 0 bridgehead atoms. The van der Waals surface area contributed by atoms with E-state index in [4.69, 9.17) is 4.74 Å². The molecule has 3 aromatic rings. The van der Waals surface area contributed by atoms with Crippen LogP contribution >= 0.6 is 0 Å². The number of amides is 1. The fourth-order valence-corrected chi connectivity index (χ4v) is 4.28. The monoisotopic (exact) mass is 435 g/mol. The molecule has 3 heterocycles. The molecule has 0 radical (unpaired) electrons. The largest absolute Gasteiger partial charge is 0.461 e. The highest BCUT2D eigenvalue weighted by molar-refractivity contribution is 6.13. The number of anilines is 1. The Kier molecular flexibility index (Phi) is 5.41. The van der Waals surface area contributed by atoms with Crippen LogP contribution in [0.25, 0.3) is 5.69 Å². The molecule has 9 nitrogen and oxygen atoms in total. The molecular weight excluding hydrogens is 410 g/mol. The first-order chi connectivity index (χ1) is 15.3. The summed E-state index contributed by atoms with van der Waals surface area (Å²) in [6.45, 7) is 7.44. The van der Waals surface area contributed by atoms with E-state index in [9.17, 15) is 14.4 Å². The van der Waals surface area contributed by atoms with Crippen molar-refractivity contribution < 1.29 is 14.3 Å². The maximum absolute atomic E-state index is 13.4. The number of aryl methyl sites for hydroxylation is 3. The molecule has 0 aliphatic carbocycles. The fraction of sp³-hybridized carbons (Fsp3) is 0.348. The predicted molar refractivity (Wildman–Crippen MR) is 118 cm³/mol. The first kappa shape index (κ1) is 21.5. The molecule has 1 aliphatic rings. The lowest BCUT2D eigenvalue weighted by Gasteiger charge is -2.25. The van der Waals surface area contributed by atoms with Gasteiger partial charge in [0.2, 0.25) is 0 Å². The summed E-state index contributed by atoms with van der Waals surface area (Å²) >= 11 is 0. The average molecular weight is 435 g/mol. The molecule has 4 rings (SSSR count). The van der Waals surface area contributed by atoms with E-state index in [0.29, 0.717) is 40.4 Å². The first-order valence-electron chi connectivity index (χ1n) is 10.5. The number of esters is 1. The minimum atomic E-state index is -0.526. The van der Waals surface area contributed by atoms with Gasteiger partial charge in [-0.2, -0.15) is 5.10 Å². The van der Waals surface area contributed by atoms with Gasteiger partial charge < -0.3 is 9.64 Å². The smallest absolute Gasteiger partial charge is 0.357 e. The molecule has 0 saturated carbocycles. The SMILES string of the molecule is CCOC(=O)c1nc(C)cc2c1C(CC)N(c1ccc(-n3c(C)nn(C)c3=O)cc1)C2=O. The lowest BCUT2D eigenvalue weighted by atomic mass is 10.00. The molecule has 2 aromatic heterocycles. The Labute approximate surface area is 185 Å². The van der Waals surface area contributed by atoms with Crippen LogP contribution in [0.4, 0.5) is 5.69 Å². The van der Waals surface area contributed by atoms with Gasteiger partial charge in [-0.15, -0.1) is 0 Å². The summed E-state index contributed by atoms with van der Waals surface area (Å²) in [4.78, 5) is 44.4. The number of carbonyl (C=O) groups excluding carboxylic acids is 2. The highest BCUT2D eigenvalue weighted by atomic mass is 16.5. The number of rotatable bonds is 5. The molecule has 166 valence electrons. The van der Waals surface area contributed by atoms with Gasteiger partial charge >= 0.3 is 11.7 Å². The number of nitrogens with zero attached hydrogens (tertiary/aromatic N) is 5. The number of benzene rings is 1. The third-order valence-corrected chi connectivity index (χ3v) is 5.61. The van der Waals surface area contributed by atoms with E-state index in [2.05, 4.69) is 10.1 Å². The van der Waals surface area contributed by atoms with Crippen molar-refractivity contribution in [2.24, 2.45) is 7.05 Å². The molecule has 0 spiro atoms. The molecular formula is C23H25N5O4. The maximum Gasteiger partial charge on any atom is 0.357 e. The Bertz CT molecular complexity index is 1270. The summed E-state index contributed by atoms with van der Waals surface area (Å²) in [6, 6.07) is 8.53. The van der Waals surface area contributed by atoms with E-state index in [-0.39, 0.29) is 29.9 Å². The van der Waals surface area contributed by atoms with Gasteiger partial charge in [-0.05, 0) is 57.5 Å². The van der Waals surface area contributed by atoms with Crippen molar-refractivity contribution in [2.75, 3.05) is 11.5 Å². The first-order valence-corrected chi connectivity index (χ1v) is 10.5. The quantitative estimate of drug-likeness (QED) is 0.572. The Morgan fingerprint density at radius 3 is 2.31 bits per heavy atom. The summed E-state index contributed by atoms with van der Waals surface area (Å²) in [6.07, 6.45) is 0.596. The third-order valence-electron chi connectivity index (χ3n) is 5.61. The molecule has 1 aromatic carbocycles. The van der Waals surface area contributed by atoms with E-state index >= 15 is 0 Å². The summed E-state index contributed by atoms with van der Waals surface area (Å²) in [5.74, 6) is -0.144. The van der Waals surface area contributed by atoms with Gasteiger partial charge in [0.15, 0.2) is 5.69 Å². The zero-order valence-corrected chi connectivity index (χ0v) is 18.7. The molecule has 0 N–H and O–H groups in total. The number of pyridine rings is 1. The Morgan fingerprint density at radius 2 is 1.75 bits per heavy atom. The molecule has 1 atom stereocenters. The van der Waals surface area contributed by atoms with Gasteiger partial charge in [-0.25, -0.2) is 23.8 Å². The Morgan fingerprint density at radius 1 is 1.09 bits per heavy atom. The van der Waals surface area contributed by atoms with Crippen molar-refractivity contribution in [3.63, 3.8) is 0 Å². The standard InChI is InChI=1S/C23H25N5O4/c1-6-18-19-17(12-13(3)24-20(19)22(30)32-7-2)21(29)28(18)16-10-8-15(9-11-16)27-14(4)25-26(5)23(27)31/h8-12,18H,6-7H2,1-5H3. The fourth-order valence-electron chi connectivity index (χ4n) is 4.28. The van der Waals surface area contributed by atoms with Crippen LogP contribution in [0.15, 0.2) is 35.1 Å². The highest BCUT2D eigenvalue weighted by Gasteiger charge is 2.41. The number of ether oxygens (including phenoxy) is 1. The lowest BCUT2D eigenvalue weighted by molar-refractivity contribution is 0.0517. The molecule has 0 saturated heterocycles. The van der Waals surface area contributed by atoms with Crippen molar-refractivity contribution in [3.8, 4) is 5.69 Å². The van der Waals surface area contributed by atoms with Gasteiger partial charge in [0, 0.05) is 29.6 Å². The lowest BCUT2D eigenvalue weighted by Crippen LogP contribution is -2.28. The minimum absolute atomic E-state index is 0.189. The predicted octanol–water partition coefficient (Wildman–Crippen LogP) is 2.87. The van der Waals surface area contributed by atoms with Gasteiger partial charge in [0.25, 0.3) is 5.91 Å². The van der Waals surface area contributed by atoms with Gasteiger partial charge in [0.05, 0.1) is 18.3 Å². The normalized spacial score (nSPS) is 15.2. The second-order valence-corrected chi connectivity index (χ2v) is 7.70. The zero-order chi connectivity index (χ0) is 23.2. The second kappa shape index (κ2) is 8.07. The van der Waals surface area contributed by atoms with E-state index in [1.165, 1.54) is 9.25 Å². The van der Waals surface area contributed by atoms with E-state index in [1.54, 1.807) is 63.1 Å². The van der Waals surface area contributed by atoms with Crippen LogP contribution in [0.3, 0.4) is 0 Å². The maximum atomic E-state index is 13.4. The van der Waals surface area contributed by atoms with Crippen molar-refractivity contribution in [3.05, 3.63) is 69.2 Å². The number of hydrogen-bond donors (Lipinski definition) is 0. The van der Waals surface area contributed by atoms with Crippen molar-refractivity contribution in [2.45, 2.75) is 40.2 Å². The van der Waals surface area contributed by atoms with Crippen LogP contribution in [0.5, 0.6) is 0 Å². The van der Waals surface area contributed by atoms with Crippen LogP contribution < -0.4 is 10.6 Å². The summed E-state index contributed by atoms with van der Waals surface area (Å²) in [5, 5.41) is 4.15. The van der Waals surface area contributed by atoms with Crippen LogP contribution in [-0.2, 0) is 11.8 Å². The average Bonchev–Trinajstić information content (AvgIpc) is 3.19. The van der Waals surface area contributed by atoms with Crippen LogP contribution in [0.1, 0.15) is 64.2 Å². The number of carbonyl (C=O) groups is 2. The number of fused-ring (bicyclic) bond motifs is 1. The van der Waals surface area contributed by atoms with E-state index in [0.717, 1.165) is 0 Å². The van der Waals surface area contributed by atoms with Gasteiger partial charge in [-0.3, -0.25) is 4.79 Å². The van der Waals surface area contributed by atoms with Gasteiger partial charge in [0.1, 0.15) is 5.82 Å². The minimum Gasteiger partial charge on any atom is -0.461 e. The number of aromatic nitrogens is 4. The molecule has 1 unspecified atom stereocenters. The van der Waals surface area contributed by atoms with Crippen LogP contribution in [-0.4, -0.2) is 37.8 Å². The molecule has 0 fully saturated rings. The van der Waals surface area contributed by atoms with Crippen molar-refractivity contribution in [1.82, 2.24) is 19.3 Å². The van der Waals surface area contributed by atoms with Crippen molar-refractivity contribution >= 4 is 17.6 Å².